The summed E-state index contributed by atoms with van der Waals surface area (Å²) in [5.74, 6) is 3.19. The SMILES string of the molecule is CCCCCCC1CCC(c2ccc(Oc3ccc([N+](=O)[O-])cc3)cc2)(c2ccc(Oc3ccc([N+](=O)[O-])cc3)cc2)CC1. The molecule has 228 valence electrons. The molecule has 0 bridgehead atoms. The van der Waals surface area contributed by atoms with E-state index >= 15 is 0 Å². The molecule has 0 unspecified atom stereocenters. The summed E-state index contributed by atoms with van der Waals surface area (Å²) in [6.45, 7) is 2.25. The molecule has 1 aliphatic rings. The van der Waals surface area contributed by atoms with E-state index in [1.165, 1.54) is 80.3 Å². The average Bonchev–Trinajstić information content (AvgIpc) is 3.05. The highest BCUT2D eigenvalue weighted by atomic mass is 16.6. The van der Waals surface area contributed by atoms with Gasteiger partial charge in [-0.3, -0.25) is 20.2 Å². The van der Waals surface area contributed by atoms with E-state index in [4.69, 9.17) is 9.47 Å². The van der Waals surface area contributed by atoms with Crippen LogP contribution in [0.1, 0.15) is 75.8 Å². The predicted octanol–water partition coefficient (Wildman–Crippen LogP) is 10.5. The van der Waals surface area contributed by atoms with E-state index in [-0.39, 0.29) is 16.8 Å². The number of hydrogen-bond acceptors (Lipinski definition) is 6. The lowest BCUT2D eigenvalue weighted by atomic mass is 9.62. The fraction of sp³-hybridized carbons (Fsp3) is 0.333. The quantitative estimate of drug-likeness (QED) is 0.0866. The first-order valence-corrected chi connectivity index (χ1v) is 15.4. The van der Waals surface area contributed by atoms with Crippen molar-refractivity contribution in [1.82, 2.24) is 0 Å². The van der Waals surface area contributed by atoms with Crippen molar-refractivity contribution in [2.45, 2.75) is 70.1 Å². The number of nitro benzene ring substituents is 2. The van der Waals surface area contributed by atoms with Crippen molar-refractivity contribution in [2.75, 3.05) is 0 Å². The molecular weight excluding hydrogens is 556 g/mol. The zero-order valence-electron chi connectivity index (χ0n) is 25.0. The lowest BCUT2D eigenvalue weighted by molar-refractivity contribution is -0.385. The molecule has 0 heterocycles. The first kappa shape index (κ1) is 30.7. The molecule has 1 aliphatic carbocycles. The Bertz CT molecular complexity index is 1420. The lowest BCUT2D eigenvalue weighted by Gasteiger charge is -2.41. The molecule has 0 amide bonds. The summed E-state index contributed by atoms with van der Waals surface area (Å²) in [6, 6.07) is 28.6. The Labute approximate surface area is 258 Å². The minimum Gasteiger partial charge on any atom is -0.457 e. The molecule has 0 radical (unpaired) electrons. The van der Waals surface area contributed by atoms with Gasteiger partial charge in [-0.15, -0.1) is 0 Å². The van der Waals surface area contributed by atoms with Gasteiger partial charge in [-0.25, -0.2) is 0 Å². The molecule has 8 heteroatoms. The normalized spacial score (nSPS) is 14.6. The van der Waals surface area contributed by atoms with Crippen molar-refractivity contribution in [3.05, 3.63) is 128 Å². The summed E-state index contributed by atoms with van der Waals surface area (Å²) >= 11 is 0. The van der Waals surface area contributed by atoms with E-state index < -0.39 is 9.85 Å². The van der Waals surface area contributed by atoms with Crippen LogP contribution in [0.25, 0.3) is 0 Å². The Balaban J connectivity index is 1.34. The second kappa shape index (κ2) is 14.2. The maximum absolute atomic E-state index is 11.0. The molecule has 1 fully saturated rings. The molecule has 5 rings (SSSR count). The van der Waals surface area contributed by atoms with Crippen molar-refractivity contribution in [3.8, 4) is 23.0 Å². The van der Waals surface area contributed by atoms with Crippen LogP contribution < -0.4 is 9.47 Å². The van der Waals surface area contributed by atoms with Crippen LogP contribution in [0.3, 0.4) is 0 Å². The van der Waals surface area contributed by atoms with E-state index in [2.05, 4.69) is 31.2 Å². The van der Waals surface area contributed by atoms with Gasteiger partial charge in [0, 0.05) is 29.7 Å². The topological polar surface area (TPSA) is 105 Å². The van der Waals surface area contributed by atoms with Gasteiger partial charge in [0.1, 0.15) is 23.0 Å². The molecule has 4 aromatic rings. The van der Waals surface area contributed by atoms with Crippen LogP contribution in [0.2, 0.25) is 0 Å². The molecule has 0 N–H and O–H groups in total. The predicted molar refractivity (Wildman–Crippen MR) is 171 cm³/mol. The van der Waals surface area contributed by atoms with Gasteiger partial charge in [-0.05, 0) is 91.3 Å². The standard InChI is InChI=1S/C36H38N2O6/c1-2-3-4-5-6-27-23-25-36(26-24-27,28-7-15-32(16-8-28)43-34-19-11-30(12-20-34)37(39)40)29-9-17-33(18-10-29)44-35-21-13-31(14-22-35)38(41)42/h7-22,27H,2-6,23-26H2,1H3. The third-order valence-corrected chi connectivity index (χ3v) is 8.80. The smallest absolute Gasteiger partial charge is 0.269 e. The maximum Gasteiger partial charge on any atom is 0.269 e. The Morgan fingerprint density at radius 3 is 1.36 bits per heavy atom. The number of nitro groups is 2. The highest BCUT2D eigenvalue weighted by molar-refractivity contribution is 5.46. The molecule has 4 aromatic carbocycles. The number of benzene rings is 4. The van der Waals surface area contributed by atoms with Gasteiger partial charge in [0.05, 0.1) is 9.85 Å². The van der Waals surface area contributed by atoms with Gasteiger partial charge < -0.3 is 9.47 Å². The summed E-state index contributed by atoms with van der Waals surface area (Å²) in [5.41, 5.74) is 2.39. The van der Waals surface area contributed by atoms with E-state index in [1.807, 2.05) is 24.3 Å². The molecule has 0 atom stereocenters. The summed E-state index contributed by atoms with van der Waals surface area (Å²) in [6.07, 6.45) is 10.9. The van der Waals surface area contributed by atoms with Crippen molar-refractivity contribution >= 4 is 11.4 Å². The molecule has 0 aliphatic heterocycles. The van der Waals surface area contributed by atoms with Crippen LogP contribution in [0.4, 0.5) is 11.4 Å². The summed E-state index contributed by atoms with van der Waals surface area (Å²) < 4.78 is 12.0. The highest BCUT2D eigenvalue weighted by Crippen LogP contribution is 2.48. The zero-order chi connectivity index (χ0) is 30.9. The number of ether oxygens (including phenoxy) is 2. The molecular formula is C36H38N2O6. The van der Waals surface area contributed by atoms with E-state index in [9.17, 15) is 20.2 Å². The van der Waals surface area contributed by atoms with E-state index in [0.717, 1.165) is 18.8 Å². The van der Waals surface area contributed by atoms with E-state index in [1.54, 1.807) is 24.3 Å². The van der Waals surface area contributed by atoms with E-state index in [0.29, 0.717) is 23.0 Å². The summed E-state index contributed by atoms with van der Waals surface area (Å²) in [5, 5.41) is 21.9. The van der Waals surface area contributed by atoms with Crippen LogP contribution in [0, 0.1) is 26.1 Å². The monoisotopic (exact) mass is 594 g/mol. The second-order valence-corrected chi connectivity index (χ2v) is 11.6. The Morgan fingerprint density at radius 1 is 0.614 bits per heavy atom. The van der Waals surface area contributed by atoms with Crippen molar-refractivity contribution < 1.29 is 19.3 Å². The van der Waals surface area contributed by atoms with Gasteiger partial charge >= 0.3 is 0 Å². The molecule has 44 heavy (non-hydrogen) atoms. The third kappa shape index (κ3) is 7.43. The fourth-order valence-corrected chi connectivity index (χ4v) is 6.29. The molecule has 8 nitrogen and oxygen atoms in total. The third-order valence-electron chi connectivity index (χ3n) is 8.80. The van der Waals surface area contributed by atoms with Crippen LogP contribution in [-0.4, -0.2) is 9.85 Å². The number of hydrogen-bond donors (Lipinski definition) is 0. The molecule has 0 aromatic heterocycles. The summed E-state index contributed by atoms with van der Waals surface area (Å²) in [7, 11) is 0. The van der Waals surface area contributed by atoms with Gasteiger partial charge in [0.15, 0.2) is 0 Å². The average molecular weight is 595 g/mol. The van der Waals surface area contributed by atoms with Gasteiger partial charge in [0.25, 0.3) is 11.4 Å². The lowest BCUT2D eigenvalue weighted by Crippen LogP contribution is -2.33. The van der Waals surface area contributed by atoms with Crippen LogP contribution in [0.5, 0.6) is 23.0 Å². The first-order chi connectivity index (χ1) is 21.4. The Morgan fingerprint density at radius 2 is 1.00 bits per heavy atom. The molecule has 0 saturated heterocycles. The van der Waals surface area contributed by atoms with Crippen LogP contribution in [-0.2, 0) is 5.41 Å². The second-order valence-electron chi connectivity index (χ2n) is 11.6. The Kier molecular flexibility index (Phi) is 9.89. The van der Waals surface area contributed by atoms with Gasteiger partial charge in [0.2, 0.25) is 0 Å². The van der Waals surface area contributed by atoms with Crippen molar-refractivity contribution in [2.24, 2.45) is 5.92 Å². The van der Waals surface area contributed by atoms with Gasteiger partial charge in [-0.2, -0.15) is 0 Å². The highest BCUT2D eigenvalue weighted by Gasteiger charge is 2.38. The van der Waals surface area contributed by atoms with Crippen molar-refractivity contribution in [3.63, 3.8) is 0 Å². The molecule has 0 spiro atoms. The van der Waals surface area contributed by atoms with Crippen LogP contribution >= 0.6 is 0 Å². The largest absolute Gasteiger partial charge is 0.457 e. The minimum atomic E-state index is -0.424. The zero-order valence-corrected chi connectivity index (χ0v) is 25.0. The molecule has 1 saturated carbocycles. The summed E-state index contributed by atoms with van der Waals surface area (Å²) in [4.78, 5) is 21.1. The number of unbranched alkanes of at least 4 members (excludes halogenated alkanes) is 3. The Hall–Kier alpha value is -4.72. The fourth-order valence-electron chi connectivity index (χ4n) is 6.29. The number of nitrogens with zero attached hydrogens (tertiary/aromatic N) is 2. The first-order valence-electron chi connectivity index (χ1n) is 15.4. The minimum absolute atomic E-state index is 0.0276. The number of non-ortho nitro benzene ring substituents is 2. The number of rotatable bonds is 13. The van der Waals surface area contributed by atoms with Crippen LogP contribution in [0.15, 0.2) is 97.1 Å². The maximum atomic E-state index is 11.0. The van der Waals surface area contributed by atoms with Gasteiger partial charge in [-0.1, -0.05) is 63.3 Å². The van der Waals surface area contributed by atoms with Crippen molar-refractivity contribution in [1.29, 1.82) is 0 Å².